The molecule has 0 radical (unpaired) electrons. The molecule has 0 aromatic carbocycles. The van der Waals surface area contributed by atoms with Crippen molar-refractivity contribution in [1.29, 1.82) is 5.26 Å². The molecule has 1 saturated heterocycles. The van der Waals surface area contributed by atoms with E-state index < -0.39 is 5.97 Å². The van der Waals surface area contributed by atoms with Crippen LogP contribution in [-0.4, -0.2) is 53.0 Å². The fourth-order valence-corrected chi connectivity index (χ4v) is 3.13. The van der Waals surface area contributed by atoms with Gasteiger partial charge in [0.2, 0.25) is 5.91 Å². The number of rotatable bonds is 4. The van der Waals surface area contributed by atoms with Gasteiger partial charge in [-0.05, 0) is 18.9 Å². The van der Waals surface area contributed by atoms with Gasteiger partial charge in [0.1, 0.15) is 17.6 Å². The number of hydrogen-bond donors (Lipinski definition) is 2. The SMILES string of the molecule is COC(=O)c1cnc2[nH]ccc2c1N[C@@H]1CCCN(C(=O)CC#N)C1. The van der Waals surface area contributed by atoms with Crippen LogP contribution in [0, 0.1) is 11.3 Å². The third kappa shape index (κ3) is 3.40. The maximum atomic E-state index is 12.1. The Kier molecular flexibility index (Phi) is 4.84. The molecule has 1 aliphatic heterocycles. The summed E-state index contributed by atoms with van der Waals surface area (Å²) < 4.78 is 4.85. The first-order chi connectivity index (χ1) is 12.1. The van der Waals surface area contributed by atoms with Crippen LogP contribution in [-0.2, 0) is 9.53 Å². The van der Waals surface area contributed by atoms with Crippen LogP contribution < -0.4 is 5.32 Å². The molecule has 8 heteroatoms. The molecule has 0 bridgehead atoms. The zero-order valence-electron chi connectivity index (χ0n) is 13.9. The topological polar surface area (TPSA) is 111 Å². The minimum atomic E-state index is -0.466. The highest BCUT2D eigenvalue weighted by Gasteiger charge is 2.26. The molecule has 0 aliphatic carbocycles. The van der Waals surface area contributed by atoms with E-state index in [0.29, 0.717) is 30.0 Å². The number of amides is 1. The summed E-state index contributed by atoms with van der Waals surface area (Å²) in [7, 11) is 1.33. The number of hydrogen-bond acceptors (Lipinski definition) is 6. The number of ether oxygens (including phenoxy) is 1. The lowest BCUT2D eigenvalue weighted by atomic mass is 10.0. The van der Waals surface area contributed by atoms with Crippen LogP contribution in [0.2, 0.25) is 0 Å². The van der Waals surface area contributed by atoms with Crippen LogP contribution in [0.25, 0.3) is 11.0 Å². The number of carbonyl (C=O) groups is 2. The Hall–Kier alpha value is -3.08. The molecule has 1 fully saturated rings. The summed E-state index contributed by atoms with van der Waals surface area (Å²) in [6.45, 7) is 1.15. The van der Waals surface area contributed by atoms with Crippen molar-refractivity contribution in [3.8, 4) is 6.07 Å². The summed E-state index contributed by atoms with van der Waals surface area (Å²) in [6, 6.07) is 3.73. The van der Waals surface area contributed by atoms with Gasteiger partial charge in [-0.3, -0.25) is 4.79 Å². The zero-order valence-corrected chi connectivity index (χ0v) is 13.9. The van der Waals surface area contributed by atoms with Gasteiger partial charge in [-0.1, -0.05) is 0 Å². The second-order valence-electron chi connectivity index (χ2n) is 5.94. The fourth-order valence-electron chi connectivity index (χ4n) is 3.13. The summed E-state index contributed by atoms with van der Waals surface area (Å²) in [5.41, 5.74) is 1.68. The van der Waals surface area contributed by atoms with Gasteiger partial charge in [-0.2, -0.15) is 5.26 Å². The number of anilines is 1. The lowest BCUT2D eigenvalue weighted by Crippen LogP contribution is -2.45. The Morgan fingerprint density at radius 1 is 1.56 bits per heavy atom. The Bertz CT molecular complexity index is 838. The summed E-state index contributed by atoms with van der Waals surface area (Å²) in [5.74, 6) is -0.630. The monoisotopic (exact) mass is 341 g/mol. The summed E-state index contributed by atoms with van der Waals surface area (Å²) in [6.07, 6.45) is 4.83. The predicted molar refractivity (Wildman–Crippen MR) is 90.9 cm³/mol. The number of carbonyl (C=O) groups excluding carboxylic acids is 2. The van der Waals surface area contributed by atoms with Crippen molar-refractivity contribution in [1.82, 2.24) is 14.9 Å². The normalized spacial score (nSPS) is 17.1. The number of aromatic amines is 1. The van der Waals surface area contributed by atoms with Crippen molar-refractivity contribution in [3.05, 3.63) is 24.0 Å². The van der Waals surface area contributed by atoms with Crippen molar-refractivity contribution in [2.24, 2.45) is 0 Å². The number of nitriles is 1. The van der Waals surface area contributed by atoms with Crippen LogP contribution in [0.3, 0.4) is 0 Å². The largest absolute Gasteiger partial charge is 0.465 e. The van der Waals surface area contributed by atoms with Gasteiger partial charge in [-0.25, -0.2) is 9.78 Å². The molecule has 2 aromatic heterocycles. The molecule has 0 spiro atoms. The number of pyridine rings is 1. The van der Waals surface area contributed by atoms with Gasteiger partial charge in [0, 0.05) is 36.9 Å². The maximum Gasteiger partial charge on any atom is 0.341 e. The minimum absolute atomic E-state index is 0.0136. The minimum Gasteiger partial charge on any atom is -0.465 e. The Balaban J connectivity index is 1.86. The highest BCUT2D eigenvalue weighted by molar-refractivity contribution is 6.04. The molecular formula is C17H19N5O3. The standard InChI is InChI=1S/C17H19N5O3/c1-25-17(24)13-9-20-16-12(5-7-19-16)15(13)21-11-3-2-8-22(10-11)14(23)4-6-18/h5,7,9,11H,2-4,8,10H2,1H3,(H2,19,20,21)/t11-/m1/s1. The molecule has 25 heavy (non-hydrogen) atoms. The van der Waals surface area contributed by atoms with Gasteiger partial charge in [-0.15, -0.1) is 0 Å². The Morgan fingerprint density at radius 2 is 2.40 bits per heavy atom. The molecule has 2 aromatic rings. The smallest absolute Gasteiger partial charge is 0.341 e. The molecule has 1 atom stereocenters. The molecule has 3 rings (SSSR count). The first-order valence-electron chi connectivity index (χ1n) is 8.09. The third-order valence-electron chi connectivity index (χ3n) is 4.34. The molecule has 0 unspecified atom stereocenters. The molecule has 3 heterocycles. The van der Waals surface area contributed by atoms with Gasteiger partial charge in [0.15, 0.2) is 0 Å². The van der Waals surface area contributed by atoms with E-state index in [9.17, 15) is 9.59 Å². The molecule has 0 saturated carbocycles. The van der Waals surface area contributed by atoms with Gasteiger partial charge in [0.05, 0.1) is 18.9 Å². The van der Waals surface area contributed by atoms with Gasteiger partial charge < -0.3 is 19.9 Å². The number of methoxy groups -OCH3 is 1. The maximum absolute atomic E-state index is 12.1. The average molecular weight is 341 g/mol. The molecular weight excluding hydrogens is 322 g/mol. The molecule has 130 valence electrons. The van der Waals surface area contributed by atoms with E-state index in [1.165, 1.54) is 13.3 Å². The van der Waals surface area contributed by atoms with E-state index in [1.54, 1.807) is 11.1 Å². The van der Waals surface area contributed by atoms with E-state index in [0.717, 1.165) is 18.2 Å². The number of H-pyrrole nitrogens is 1. The summed E-state index contributed by atoms with van der Waals surface area (Å²) >= 11 is 0. The highest BCUT2D eigenvalue weighted by atomic mass is 16.5. The number of esters is 1. The summed E-state index contributed by atoms with van der Waals surface area (Å²) in [4.78, 5) is 33.0. The van der Waals surface area contributed by atoms with Gasteiger partial charge >= 0.3 is 5.97 Å². The molecule has 2 N–H and O–H groups in total. The van der Waals surface area contributed by atoms with E-state index in [4.69, 9.17) is 10.00 Å². The van der Waals surface area contributed by atoms with Gasteiger partial charge in [0.25, 0.3) is 0 Å². The number of nitrogens with one attached hydrogen (secondary N) is 2. The number of aromatic nitrogens is 2. The zero-order chi connectivity index (χ0) is 17.8. The first kappa shape index (κ1) is 16.8. The van der Waals surface area contributed by atoms with Crippen molar-refractivity contribution in [3.63, 3.8) is 0 Å². The number of likely N-dealkylation sites (tertiary alicyclic amines) is 1. The second-order valence-corrected chi connectivity index (χ2v) is 5.94. The summed E-state index contributed by atoms with van der Waals surface area (Å²) in [5, 5.41) is 12.9. The van der Waals surface area contributed by atoms with Crippen LogP contribution in [0.15, 0.2) is 18.5 Å². The lowest BCUT2D eigenvalue weighted by molar-refractivity contribution is -0.131. The quantitative estimate of drug-likeness (QED) is 0.818. The van der Waals surface area contributed by atoms with Crippen LogP contribution >= 0.6 is 0 Å². The van der Waals surface area contributed by atoms with E-state index in [2.05, 4.69) is 15.3 Å². The Morgan fingerprint density at radius 3 is 3.16 bits per heavy atom. The van der Waals surface area contributed by atoms with Crippen molar-refractivity contribution < 1.29 is 14.3 Å². The number of fused-ring (bicyclic) bond motifs is 1. The van der Waals surface area contributed by atoms with E-state index in [1.807, 2.05) is 12.1 Å². The van der Waals surface area contributed by atoms with E-state index >= 15 is 0 Å². The number of piperidine rings is 1. The lowest BCUT2D eigenvalue weighted by Gasteiger charge is -2.33. The fraction of sp³-hybridized carbons (Fsp3) is 0.412. The number of nitrogens with zero attached hydrogens (tertiary/aromatic N) is 3. The Labute approximate surface area is 144 Å². The molecule has 8 nitrogen and oxygen atoms in total. The van der Waals surface area contributed by atoms with Crippen LogP contribution in [0.1, 0.15) is 29.6 Å². The van der Waals surface area contributed by atoms with Crippen LogP contribution in [0.5, 0.6) is 0 Å². The first-order valence-corrected chi connectivity index (χ1v) is 8.09. The molecule has 1 amide bonds. The van der Waals surface area contributed by atoms with E-state index in [-0.39, 0.29) is 18.4 Å². The molecule has 1 aliphatic rings. The van der Waals surface area contributed by atoms with Crippen molar-refractivity contribution in [2.75, 3.05) is 25.5 Å². The second kappa shape index (κ2) is 7.21. The average Bonchev–Trinajstić information content (AvgIpc) is 3.11. The van der Waals surface area contributed by atoms with Crippen LogP contribution in [0.4, 0.5) is 5.69 Å². The third-order valence-corrected chi connectivity index (χ3v) is 4.34. The van der Waals surface area contributed by atoms with Crippen molar-refractivity contribution in [2.45, 2.75) is 25.3 Å². The highest BCUT2D eigenvalue weighted by Crippen LogP contribution is 2.28. The predicted octanol–water partition coefficient (Wildman–Crippen LogP) is 1.67. The van der Waals surface area contributed by atoms with Crippen molar-refractivity contribution >= 4 is 28.6 Å².